The van der Waals surface area contributed by atoms with Crippen LogP contribution in [0.4, 0.5) is 5.69 Å². The van der Waals surface area contributed by atoms with Crippen molar-refractivity contribution < 1.29 is 4.74 Å². The van der Waals surface area contributed by atoms with E-state index in [1.807, 2.05) is 24.3 Å². The Bertz CT molecular complexity index is 571. The fourth-order valence-corrected chi connectivity index (χ4v) is 3.12. The van der Waals surface area contributed by atoms with Crippen LogP contribution in [0.15, 0.2) is 42.6 Å². The largest absolute Gasteiger partial charge is 0.497 e. The minimum Gasteiger partial charge on any atom is -0.497 e. The Morgan fingerprint density at radius 3 is 2.45 bits per heavy atom. The molecule has 1 N–H and O–H groups in total. The average Bonchev–Trinajstić information content (AvgIpc) is 2.61. The summed E-state index contributed by atoms with van der Waals surface area (Å²) < 4.78 is 5.16. The van der Waals surface area contributed by atoms with Crippen molar-refractivity contribution in [2.45, 2.75) is 44.6 Å². The summed E-state index contributed by atoms with van der Waals surface area (Å²) >= 11 is 0. The molecule has 1 aromatic heterocycles. The number of methoxy groups -OCH3 is 1. The van der Waals surface area contributed by atoms with Crippen LogP contribution < -0.4 is 10.1 Å². The quantitative estimate of drug-likeness (QED) is 0.864. The van der Waals surface area contributed by atoms with E-state index in [9.17, 15) is 0 Å². The van der Waals surface area contributed by atoms with E-state index in [1.54, 1.807) is 7.11 Å². The van der Waals surface area contributed by atoms with Gasteiger partial charge in [-0.05, 0) is 54.7 Å². The minimum absolute atomic E-state index is 0.727. The van der Waals surface area contributed by atoms with Gasteiger partial charge in [0.2, 0.25) is 0 Å². The summed E-state index contributed by atoms with van der Waals surface area (Å²) in [5.41, 5.74) is 3.57. The van der Waals surface area contributed by atoms with Crippen molar-refractivity contribution in [2.75, 3.05) is 12.4 Å². The van der Waals surface area contributed by atoms with Crippen LogP contribution in [0.3, 0.4) is 0 Å². The van der Waals surface area contributed by atoms with Crippen molar-refractivity contribution in [3.05, 3.63) is 53.9 Å². The average molecular weight is 296 g/mol. The number of pyridine rings is 1. The summed E-state index contributed by atoms with van der Waals surface area (Å²) in [6.45, 7) is 0.747. The molecule has 0 saturated heterocycles. The molecule has 22 heavy (non-hydrogen) atoms. The Labute approximate surface area is 132 Å². The predicted molar refractivity (Wildman–Crippen MR) is 90.4 cm³/mol. The first-order chi connectivity index (χ1) is 10.8. The van der Waals surface area contributed by atoms with Crippen LogP contribution in [0.5, 0.6) is 5.75 Å². The third kappa shape index (κ3) is 3.79. The molecule has 0 aliphatic heterocycles. The van der Waals surface area contributed by atoms with Crippen LogP contribution >= 0.6 is 0 Å². The first kappa shape index (κ1) is 14.9. The van der Waals surface area contributed by atoms with Gasteiger partial charge in [0.1, 0.15) is 5.75 Å². The van der Waals surface area contributed by atoms with Crippen LogP contribution in [-0.4, -0.2) is 12.1 Å². The van der Waals surface area contributed by atoms with Crippen LogP contribution in [0.25, 0.3) is 0 Å². The van der Waals surface area contributed by atoms with E-state index in [1.165, 1.54) is 37.7 Å². The highest BCUT2D eigenvalue weighted by Gasteiger charge is 2.15. The summed E-state index contributed by atoms with van der Waals surface area (Å²) in [6.07, 6.45) is 8.85. The number of ether oxygens (including phenoxy) is 1. The zero-order valence-electron chi connectivity index (χ0n) is 13.2. The lowest BCUT2D eigenvalue weighted by Gasteiger charge is -2.21. The van der Waals surface area contributed by atoms with Crippen molar-refractivity contribution in [3.8, 4) is 5.75 Å². The maximum Gasteiger partial charge on any atom is 0.119 e. The van der Waals surface area contributed by atoms with Gasteiger partial charge in [0, 0.05) is 11.9 Å². The molecular formula is C19H24N2O. The molecule has 3 rings (SSSR count). The molecule has 1 saturated carbocycles. The van der Waals surface area contributed by atoms with Gasteiger partial charge in [-0.2, -0.15) is 0 Å². The number of nitrogens with zero attached hydrogens (tertiary/aromatic N) is 1. The zero-order chi connectivity index (χ0) is 15.2. The Kier molecular flexibility index (Phi) is 4.94. The number of hydrogen-bond donors (Lipinski definition) is 1. The van der Waals surface area contributed by atoms with E-state index in [2.05, 4.69) is 28.6 Å². The van der Waals surface area contributed by atoms with Gasteiger partial charge in [-0.1, -0.05) is 25.3 Å². The number of nitrogens with one attached hydrogen (secondary N) is 1. The number of benzene rings is 1. The highest BCUT2D eigenvalue weighted by Crippen LogP contribution is 2.32. The van der Waals surface area contributed by atoms with Gasteiger partial charge in [-0.15, -0.1) is 0 Å². The summed E-state index contributed by atoms with van der Waals surface area (Å²) in [4.78, 5) is 4.62. The van der Waals surface area contributed by atoms with Crippen LogP contribution in [-0.2, 0) is 6.54 Å². The van der Waals surface area contributed by atoms with Crippen molar-refractivity contribution >= 4 is 5.69 Å². The molecule has 1 aliphatic carbocycles. The van der Waals surface area contributed by atoms with E-state index < -0.39 is 0 Å². The van der Waals surface area contributed by atoms with Crippen molar-refractivity contribution in [1.29, 1.82) is 0 Å². The second kappa shape index (κ2) is 7.30. The third-order valence-electron chi connectivity index (χ3n) is 4.49. The van der Waals surface area contributed by atoms with Crippen molar-refractivity contribution in [2.24, 2.45) is 0 Å². The second-order valence-electron chi connectivity index (χ2n) is 6.00. The Morgan fingerprint density at radius 2 is 1.82 bits per heavy atom. The van der Waals surface area contributed by atoms with E-state index in [4.69, 9.17) is 4.74 Å². The molecule has 0 amide bonds. The molecule has 0 radical (unpaired) electrons. The molecule has 0 bridgehead atoms. The summed E-state index contributed by atoms with van der Waals surface area (Å²) in [5, 5.41) is 3.39. The van der Waals surface area contributed by atoms with Crippen LogP contribution in [0, 0.1) is 0 Å². The van der Waals surface area contributed by atoms with Gasteiger partial charge >= 0.3 is 0 Å². The van der Waals surface area contributed by atoms with Gasteiger partial charge in [0.05, 0.1) is 19.3 Å². The molecule has 0 unspecified atom stereocenters. The summed E-state index contributed by atoms with van der Waals surface area (Å²) in [5.74, 6) is 1.60. The molecular weight excluding hydrogens is 272 g/mol. The molecule has 116 valence electrons. The Morgan fingerprint density at radius 1 is 1.05 bits per heavy atom. The minimum atomic E-state index is 0.727. The number of rotatable bonds is 5. The van der Waals surface area contributed by atoms with Gasteiger partial charge in [0.25, 0.3) is 0 Å². The van der Waals surface area contributed by atoms with Crippen LogP contribution in [0.2, 0.25) is 0 Å². The van der Waals surface area contributed by atoms with Crippen molar-refractivity contribution in [3.63, 3.8) is 0 Å². The predicted octanol–water partition coefficient (Wildman–Crippen LogP) is 4.75. The first-order valence-corrected chi connectivity index (χ1v) is 8.18. The number of hydrogen-bond acceptors (Lipinski definition) is 3. The SMILES string of the molecule is COc1ccc(NCc2ccc(C3CCCCC3)cn2)cc1. The smallest absolute Gasteiger partial charge is 0.119 e. The molecule has 3 nitrogen and oxygen atoms in total. The molecule has 1 heterocycles. The lowest BCUT2D eigenvalue weighted by Crippen LogP contribution is -2.06. The standard InChI is InChI=1S/C19H24N2O/c1-22-19-11-9-17(10-12-19)21-14-18-8-7-16(13-20-18)15-5-3-2-4-6-15/h7-13,15,21H,2-6,14H2,1H3. The molecule has 1 aliphatic rings. The summed E-state index contributed by atoms with van der Waals surface area (Å²) in [6, 6.07) is 12.4. The van der Waals surface area contributed by atoms with Gasteiger partial charge in [0.15, 0.2) is 0 Å². The Hall–Kier alpha value is -2.03. The van der Waals surface area contributed by atoms with Gasteiger partial charge in [-0.3, -0.25) is 4.98 Å². The topological polar surface area (TPSA) is 34.1 Å². The monoisotopic (exact) mass is 296 g/mol. The van der Waals surface area contributed by atoms with Gasteiger partial charge in [-0.25, -0.2) is 0 Å². The molecule has 0 spiro atoms. The first-order valence-electron chi connectivity index (χ1n) is 8.18. The maximum absolute atomic E-state index is 5.16. The van der Waals surface area contributed by atoms with E-state index in [-0.39, 0.29) is 0 Å². The number of aromatic nitrogens is 1. The molecule has 3 heteroatoms. The lowest BCUT2D eigenvalue weighted by molar-refractivity contribution is 0.415. The van der Waals surface area contributed by atoms with Crippen molar-refractivity contribution in [1.82, 2.24) is 4.98 Å². The number of anilines is 1. The highest BCUT2D eigenvalue weighted by molar-refractivity contribution is 5.46. The van der Waals surface area contributed by atoms with Crippen LogP contribution in [0.1, 0.15) is 49.3 Å². The second-order valence-corrected chi connectivity index (χ2v) is 6.00. The normalized spacial score (nSPS) is 15.5. The summed E-state index contributed by atoms with van der Waals surface area (Å²) in [7, 11) is 1.68. The molecule has 2 aromatic rings. The third-order valence-corrected chi connectivity index (χ3v) is 4.49. The molecule has 1 aromatic carbocycles. The van der Waals surface area contributed by atoms with E-state index >= 15 is 0 Å². The molecule has 1 fully saturated rings. The lowest BCUT2D eigenvalue weighted by atomic mass is 9.85. The maximum atomic E-state index is 5.16. The highest BCUT2D eigenvalue weighted by atomic mass is 16.5. The fourth-order valence-electron chi connectivity index (χ4n) is 3.12. The van der Waals surface area contributed by atoms with E-state index in [0.717, 1.165) is 29.6 Å². The zero-order valence-corrected chi connectivity index (χ0v) is 13.2. The Balaban J connectivity index is 1.56. The fraction of sp³-hybridized carbons (Fsp3) is 0.421. The van der Waals surface area contributed by atoms with E-state index in [0.29, 0.717) is 0 Å². The van der Waals surface area contributed by atoms with Gasteiger partial charge < -0.3 is 10.1 Å². The molecule has 0 atom stereocenters.